The average Bonchev–Trinajstić information content (AvgIpc) is 2.63. The van der Waals surface area contributed by atoms with Crippen LogP contribution in [0.3, 0.4) is 0 Å². The Morgan fingerprint density at radius 1 is 1.35 bits per heavy atom. The molecule has 0 radical (unpaired) electrons. The van der Waals surface area contributed by atoms with E-state index in [1.54, 1.807) is 4.90 Å². The summed E-state index contributed by atoms with van der Waals surface area (Å²) in [6, 6.07) is 3.23. The van der Waals surface area contributed by atoms with Crippen molar-refractivity contribution in [3.63, 3.8) is 0 Å². The fourth-order valence-electron chi connectivity index (χ4n) is 2.16. The SMILES string of the molecule is CC1CCN(C(=O)Cc2cc(F)cc(F)c2)C1. The van der Waals surface area contributed by atoms with Crippen molar-refractivity contribution in [2.75, 3.05) is 13.1 Å². The number of hydrogen-bond donors (Lipinski definition) is 0. The van der Waals surface area contributed by atoms with Gasteiger partial charge < -0.3 is 4.90 Å². The molecular weight excluding hydrogens is 224 g/mol. The van der Waals surface area contributed by atoms with Crippen LogP contribution in [0.4, 0.5) is 8.78 Å². The normalized spacial score (nSPS) is 19.7. The molecule has 1 aromatic rings. The zero-order valence-corrected chi connectivity index (χ0v) is 9.75. The second-order valence-electron chi connectivity index (χ2n) is 4.69. The van der Waals surface area contributed by atoms with Crippen molar-refractivity contribution in [2.45, 2.75) is 19.8 Å². The number of rotatable bonds is 2. The Balaban J connectivity index is 2.03. The van der Waals surface area contributed by atoms with E-state index in [2.05, 4.69) is 6.92 Å². The van der Waals surface area contributed by atoms with Crippen LogP contribution in [0.5, 0.6) is 0 Å². The molecule has 0 aromatic heterocycles. The topological polar surface area (TPSA) is 20.3 Å². The molecule has 2 nitrogen and oxygen atoms in total. The van der Waals surface area contributed by atoms with Gasteiger partial charge in [0.05, 0.1) is 6.42 Å². The lowest BCUT2D eigenvalue weighted by Crippen LogP contribution is -2.29. The molecule has 0 bridgehead atoms. The predicted octanol–water partition coefficient (Wildman–Crippen LogP) is 2.38. The summed E-state index contributed by atoms with van der Waals surface area (Å²) in [7, 11) is 0. The van der Waals surface area contributed by atoms with Crippen molar-refractivity contribution in [3.8, 4) is 0 Å². The highest BCUT2D eigenvalue weighted by atomic mass is 19.1. The van der Waals surface area contributed by atoms with Crippen molar-refractivity contribution >= 4 is 5.91 Å². The van der Waals surface area contributed by atoms with Crippen molar-refractivity contribution < 1.29 is 13.6 Å². The Hall–Kier alpha value is -1.45. The number of halogens is 2. The molecule has 1 unspecified atom stereocenters. The van der Waals surface area contributed by atoms with Gasteiger partial charge in [0.1, 0.15) is 11.6 Å². The van der Waals surface area contributed by atoms with E-state index in [4.69, 9.17) is 0 Å². The number of amides is 1. The molecule has 17 heavy (non-hydrogen) atoms. The molecule has 92 valence electrons. The van der Waals surface area contributed by atoms with Gasteiger partial charge >= 0.3 is 0 Å². The summed E-state index contributed by atoms with van der Waals surface area (Å²) in [6.45, 7) is 3.59. The highest BCUT2D eigenvalue weighted by Gasteiger charge is 2.23. The minimum atomic E-state index is -0.636. The summed E-state index contributed by atoms with van der Waals surface area (Å²) in [4.78, 5) is 13.6. The third-order valence-corrected chi connectivity index (χ3v) is 3.05. The smallest absolute Gasteiger partial charge is 0.227 e. The van der Waals surface area contributed by atoms with Crippen LogP contribution in [-0.2, 0) is 11.2 Å². The number of carbonyl (C=O) groups is 1. The third-order valence-electron chi connectivity index (χ3n) is 3.05. The van der Waals surface area contributed by atoms with Crippen molar-refractivity contribution in [3.05, 3.63) is 35.4 Å². The van der Waals surface area contributed by atoms with Gasteiger partial charge in [-0.25, -0.2) is 8.78 Å². The standard InChI is InChI=1S/C13H15F2NO/c1-9-2-3-16(8-9)13(17)6-10-4-11(14)7-12(15)5-10/h4-5,7,9H,2-3,6,8H2,1H3. The highest BCUT2D eigenvalue weighted by molar-refractivity contribution is 5.79. The van der Waals surface area contributed by atoms with E-state index >= 15 is 0 Å². The van der Waals surface area contributed by atoms with Crippen molar-refractivity contribution in [1.29, 1.82) is 0 Å². The molecule has 1 heterocycles. The Morgan fingerprint density at radius 2 is 2.00 bits per heavy atom. The molecule has 2 rings (SSSR count). The molecule has 1 aromatic carbocycles. The van der Waals surface area contributed by atoms with Crippen molar-refractivity contribution in [2.24, 2.45) is 5.92 Å². The van der Waals surface area contributed by atoms with Gasteiger partial charge in [-0.3, -0.25) is 4.79 Å². The Bertz CT molecular complexity index is 413. The first-order valence-electron chi connectivity index (χ1n) is 5.77. The van der Waals surface area contributed by atoms with Gasteiger partial charge in [0.15, 0.2) is 0 Å². The summed E-state index contributed by atoms with van der Waals surface area (Å²) in [5.74, 6) is -0.812. The summed E-state index contributed by atoms with van der Waals surface area (Å²) in [6.07, 6.45) is 1.07. The van der Waals surface area contributed by atoms with Gasteiger partial charge in [-0.1, -0.05) is 6.92 Å². The van der Waals surface area contributed by atoms with E-state index in [-0.39, 0.29) is 12.3 Å². The van der Waals surface area contributed by atoms with Crippen LogP contribution in [0.25, 0.3) is 0 Å². The lowest BCUT2D eigenvalue weighted by Gasteiger charge is -2.15. The molecule has 4 heteroatoms. The number of carbonyl (C=O) groups excluding carboxylic acids is 1. The van der Waals surface area contributed by atoms with Gasteiger partial charge in [0.25, 0.3) is 0 Å². The average molecular weight is 239 g/mol. The predicted molar refractivity (Wildman–Crippen MR) is 60.4 cm³/mol. The van der Waals surface area contributed by atoms with E-state index < -0.39 is 11.6 Å². The van der Waals surface area contributed by atoms with Crippen LogP contribution < -0.4 is 0 Å². The largest absolute Gasteiger partial charge is 0.342 e. The quantitative estimate of drug-likeness (QED) is 0.776. The van der Waals surface area contributed by atoms with Gasteiger partial charge in [-0.2, -0.15) is 0 Å². The van der Waals surface area contributed by atoms with E-state index in [9.17, 15) is 13.6 Å². The van der Waals surface area contributed by atoms with E-state index in [0.29, 0.717) is 11.5 Å². The van der Waals surface area contributed by atoms with Crippen LogP contribution in [-0.4, -0.2) is 23.9 Å². The van der Waals surface area contributed by atoms with Crippen LogP contribution in [0, 0.1) is 17.6 Å². The Morgan fingerprint density at radius 3 is 2.53 bits per heavy atom. The fraction of sp³-hybridized carbons (Fsp3) is 0.462. The molecule has 1 amide bonds. The minimum Gasteiger partial charge on any atom is -0.342 e. The first kappa shape index (κ1) is 12.0. The molecule has 1 fully saturated rings. The maximum absolute atomic E-state index is 13.0. The third kappa shape index (κ3) is 3.02. The van der Waals surface area contributed by atoms with Gasteiger partial charge in [0, 0.05) is 19.2 Å². The van der Waals surface area contributed by atoms with Gasteiger partial charge in [0.2, 0.25) is 5.91 Å². The highest BCUT2D eigenvalue weighted by Crippen LogP contribution is 2.17. The second kappa shape index (κ2) is 4.82. The molecule has 0 aliphatic carbocycles. The maximum Gasteiger partial charge on any atom is 0.227 e. The molecule has 1 saturated heterocycles. The number of nitrogens with zero attached hydrogens (tertiary/aromatic N) is 1. The Kier molecular flexibility index (Phi) is 3.41. The zero-order valence-electron chi connectivity index (χ0n) is 9.75. The molecule has 0 saturated carbocycles. The lowest BCUT2D eigenvalue weighted by molar-refractivity contribution is -0.129. The maximum atomic E-state index is 13.0. The summed E-state index contributed by atoms with van der Waals surface area (Å²) in [5.41, 5.74) is 0.395. The lowest BCUT2D eigenvalue weighted by atomic mass is 10.1. The molecule has 0 spiro atoms. The summed E-state index contributed by atoms with van der Waals surface area (Å²) >= 11 is 0. The number of hydrogen-bond acceptors (Lipinski definition) is 1. The molecule has 0 N–H and O–H groups in total. The van der Waals surface area contributed by atoms with Crippen LogP contribution >= 0.6 is 0 Å². The van der Waals surface area contributed by atoms with E-state index in [0.717, 1.165) is 25.6 Å². The van der Waals surface area contributed by atoms with Crippen LogP contribution in [0.15, 0.2) is 18.2 Å². The summed E-state index contributed by atoms with van der Waals surface area (Å²) in [5, 5.41) is 0. The Labute approximate surface area is 99.2 Å². The van der Waals surface area contributed by atoms with Crippen LogP contribution in [0.2, 0.25) is 0 Å². The zero-order chi connectivity index (χ0) is 12.4. The number of likely N-dealkylation sites (tertiary alicyclic amines) is 1. The molecule has 1 aliphatic heterocycles. The molecule has 1 atom stereocenters. The van der Waals surface area contributed by atoms with E-state index in [1.165, 1.54) is 12.1 Å². The van der Waals surface area contributed by atoms with Crippen LogP contribution in [0.1, 0.15) is 18.9 Å². The monoisotopic (exact) mass is 239 g/mol. The van der Waals surface area contributed by atoms with Crippen molar-refractivity contribution in [1.82, 2.24) is 4.90 Å². The van der Waals surface area contributed by atoms with E-state index in [1.807, 2.05) is 0 Å². The molecular formula is C13H15F2NO. The minimum absolute atomic E-state index is 0.0562. The fourth-order valence-corrected chi connectivity index (χ4v) is 2.16. The first-order valence-corrected chi connectivity index (χ1v) is 5.77. The number of benzene rings is 1. The summed E-state index contributed by atoms with van der Waals surface area (Å²) < 4.78 is 25.9. The second-order valence-corrected chi connectivity index (χ2v) is 4.69. The van der Waals surface area contributed by atoms with Gasteiger partial charge in [-0.15, -0.1) is 0 Å². The first-order chi connectivity index (χ1) is 8.04. The van der Waals surface area contributed by atoms with Gasteiger partial charge in [-0.05, 0) is 30.0 Å². The molecule has 1 aliphatic rings.